The van der Waals surface area contributed by atoms with Gasteiger partial charge in [-0.15, -0.1) is 0 Å². The first-order valence-electron chi connectivity index (χ1n) is 7.12. The van der Waals surface area contributed by atoms with E-state index in [1.165, 1.54) is 0 Å². The third kappa shape index (κ3) is 5.05. The fourth-order valence-corrected chi connectivity index (χ4v) is 2.17. The fourth-order valence-electron chi connectivity index (χ4n) is 1.97. The van der Waals surface area contributed by atoms with E-state index in [0.717, 1.165) is 6.42 Å². The van der Waals surface area contributed by atoms with Gasteiger partial charge in [0, 0.05) is 0 Å². The molecule has 122 valence electrons. The first kappa shape index (κ1) is 16.9. The Bertz CT molecular complexity index is 477. The van der Waals surface area contributed by atoms with Gasteiger partial charge >= 0.3 is 5.97 Å². The second-order valence-electron chi connectivity index (χ2n) is 4.84. The number of hydrogen-bond acceptors (Lipinski definition) is 5. The summed E-state index contributed by atoms with van der Waals surface area (Å²) >= 11 is 5.82. The molecule has 1 aliphatic rings. The first-order valence-corrected chi connectivity index (χ1v) is 7.55. The van der Waals surface area contributed by atoms with Crippen LogP contribution in [0, 0.1) is 0 Å². The lowest BCUT2D eigenvalue weighted by Crippen LogP contribution is -2.37. The number of aliphatic carboxylic acids is 1. The van der Waals surface area contributed by atoms with E-state index in [0.29, 0.717) is 31.1 Å². The lowest BCUT2D eigenvalue weighted by Gasteiger charge is -2.27. The van der Waals surface area contributed by atoms with Gasteiger partial charge in [0.2, 0.25) is 6.29 Å². The minimum Gasteiger partial charge on any atom is -0.479 e. The van der Waals surface area contributed by atoms with Crippen molar-refractivity contribution >= 4 is 17.6 Å². The Morgan fingerprint density at radius 2 is 2.05 bits per heavy atom. The van der Waals surface area contributed by atoms with E-state index >= 15 is 0 Å². The highest BCUT2D eigenvalue weighted by Gasteiger charge is 2.23. The molecular weight excluding hydrogens is 312 g/mol. The van der Waals surface area contributed by atoms with Gasteiger partial charge in [0.1, 0.15) is 18.1 Å². The number of alkyl halides is 1. The molecule has 6 nitrogen and oxygen atoms in total. The minimum absolute atomic E-state index is 0.305. The highest BCUT2D eigenvalue weighted by Crippen LogP contribution is 2.22. The molecule has 3 atom stereocenters. The zero-order chi connectivity index (χ0) is 15.9. The van der Waals surface area contributed by atoms with Crippen molar-refractivity contribution in [3.63, 3.8) is 0 Å². The van der Waals surface area contributed by atoms with Gasteiger partial charge in [-0.25, -0.2) is 4.79 Å². The molecule has 0 saturated carbocycles. The summed E-state index contributed by atoms with van der Waals surface area (Å²) in [5.74, 6) is 0.0707. The third-order valence-corrected chi connectivity index (χ3v) is 3.23. The second-order valence-corrected chi connectivity index (χ2v) is 5.32. The van der Waals surface area contributed by atoms with Crippen molar-refractivity contribution in [1.82, 2.24) is 0 Å². The molecule has 1 heterocycles. The van der Waals surface area contributed by atoms with Gasteiger partial charge in [-0.2, -0.15) is 0 Å². The summed E-state index contributed by atoms with van der Waals surface area (Å²) in [5, 5.41) is 9.07. The molecule has 0 radical (unpaired) electrons. The van der Waals surface area contributed by atoms with Crippen LogP contribution in [0.1, 0.15) is 19.8 Å². The number of carbonyl (C=O) groups is 1. The summed E-state index contributed by atoms with van der Waals surface area (Å²) in [7, 11) is 0. The van der Waals surface area contributed by atoms with Crippen molar-refractivity contribution in [2.24, 2.45) is 0 Å². The third-order valence-electron chi connectivity index (χ3n) is 3.00. The number of carboxylic acids is 1. The van der Waals surface area contributed by atoms with E-state index in [1.54, 1.807) is 24.3 Å². The van der Waals surface area contributed by atoms with Crippen LogP contribution in [0.25, 0.3) is 0 Å². The Balaban J connectivity index is 1.90. The molecule has 1 aromatic rings. The summed E-state index contributed by atoms with van der Waals surface area (Å²) < 4.78 is 21.6. The number of halogens is 1. The zero-order valence-corrected chi connectivity index (χ0v) is 13.0. The molecule has 0 aromatic heterocycles. The van der Waals surface area contributed by atoms with Crippen LogP contribution in [0.15, 0.2) is 24.3 Å². The molecule has 22 heavy (non-hydrogen) atoms. The van der Waals surface area contributed by atoms with Crippen LogP contribution in [0.2, 0.25) is 0 Å². The summed E-state index contributed by atoms with van der Waals surface area (Å²) in [6, 6.07) is 6.67. The molecule has 0 amide bonds. The molecule has 0 spiro atoms. The normalized spacial score (nSPS) is 22.8. The molecular formula is C15H19ClO6. The van der Waals surface area contributed by atoms with Crippen LogP contribution in [0.5, 0.6) is 11.5 Å². The van der Waals surface area contributed by atoms with Crippen molar-refractivity contribution in [2.75, 3.05) is 13.2 Å². The van der Waals surface area contributed by atoms with E-state index in [9.17, 15) is 4.79 Å². The number of ether oxygens (including phenoxy) is 4. The quantitative estimate of drug-likeness (QED) is 0.775. The van der Waals surface area contributed by atoms with Crippen LogP contribution >= 0.6 is 11.6 Å². The van der Waals surface area contributed by atoms with E-state index in [-0.39, 0.29) is 0 Å². The average Bonchev–Trinajstić information content (AvgIpc) is 2.48. The number of hydrogen-bond donors (Lipinski definition) is 1. The highest BCUT2D eigenvalue weighted by molar-refractivity contribution is 6.19. The number of benzene rings is 1. The predicted octanol–water partition coefficient (Wildman–Crippen LogP) is 2.64. The van der Waals surface area contributed by atoms with Gasteiger partial charge in [-0.1, -0.05) is 24.9 Å². The maximum absolute atomic E-state index is 11.1. The lowest BCUT2D eigenvalue weighted by molar-refractivity contribution is -0.184. The molecule has 1 fully saturated rings. The minimum atomic E-state index is -0.969. The monoisotopic (exact) mass is 330 g/mol. The van der Waals surface area contributed by atoms with E-state index < -0.39 is 23.9 Å². The standard InChI is InChI=1S/C15H19ClO6/c1-2-3-12(15(17)18)20-10-4-6-11(7-5-10)21-14-9-19-8-13(16)22-14/h4-7,12-14H,2-3,8-9H2,1H3,(H,17,18). The molecule has 1 aromatic carbocycles. The Kier molecular flexibility index (Phi) is 6.30. The van der Waals surface area contributed by atoms with Gasteiger partial charge in [-0.3, -0.25) is 0 Å². The average molecular weight is 331 g/mol. The largest absolute Gasteiger partial charge is 0.479 e. The topological polar surface area (TPSA) is 74.2 Å². The maximum Gasteiger partial charge on any atom is 0.344 e. The molecule has 0 bridgehead atoms. The summed E-state index contributed by atoms with van der Waals surface area (Å²) in [6.07, 6.45) is -0.215. The van der Waals surface area contributed by atoms with Gasteiger partial charge in [-0.05, 0) is 30.7 Å². The SMILES string of the molecule is CCCC(Oc1ccc(OC2COCC(Cl)O2)cc1)C(=O)O. The van der Waals surface area contributed by atoms with Crippen molar-refractivity contribution in [1.29, 1.82) is 0 Å². The van der Waals surface area contributed by atoms with Crippen LogP contribution in [0.3, 0.4) is 0 Å². The Labute approximate surface area is 133 Å². The second kappa shape index (κ2) is 8.22. The summed E-state index contributed by atoms with van der Waals surface area (Å²) in [6.45, 7) is 2.55. The van der Waals surface area contributed by atoms with Crippen LogP contribution in [-0.2, 0) is 14.3 Å². The van der Waals surface area contributed by atoms with Gasteiger partial charge in [0.05, 0.1) is 6.61 Å². The van der Waals surface area contributed by atoms with Crippen molar-refractivity contribution < 1.29 is 28.8 Å². The summed E-state index contributed by atoms with van der Waals surface area (Å²) in [5.41, 5.74) is -0.522. The predicted molar refractivity (Wildman–Crippen MR) is 79.4 cm³/mol. The van der Waals surface area contributed by atoms with E-state index in [4.69, 9.17) is 35.7 Å². The van der Waals surface area contributed by atoms with Crippen LogP contribution in [-0.4, -0.2) is 42.2 Å². The number of rotatable bonds is 7. The van der Waals surface area contributed by atoms with E-state index in [2.05, 4.69) is 0 Å². The lowest BCUT2D eigenvalue weighted by atomic mass is 10.2. The van der Waals surface area contributed by atoms with Crippen LogP contribution in [0.4, 0.5) is 0 Å². The smallest absolute Gasteiger partial charge is 0.344 e. The maximum atomic E-state index is 11.1. The first-order chi connectivity index (χ1) is 10.6. The van der Waals surface area contributed by atoms with Crippen molar-refractivity contribution in [2.45, 2.75) is 37.7 Å². The fraction of sp³-hybridized carbons (Fsp3) is 0.533. The molecule has 0 aliphatic carbocycles. The van der Waals surface area contributed by atoms with Crippen LogP contribution < -0.4 is 9.47 Å². The molecule has 7 heteroatoms. The van der Waals surface area contributed by atoms with Crippen molar-refractivity contribution in [3.8, 4) is 11.5 Å². The Hall–Kier alpha value is -1.50. The van der Waals surface area contributed by atoms with E-state index in [1.807, 2.05) is 6.92 Å². The molecule has 1 saturated heterocycles. The van der Waals surface area contributed by atoms with Gasteiger partial charge in [0.25, 0.3) is 0 Å². The van der Waals surface area contributed by atoms with Crippen molar-refractivity contribution in [3.05, 3.63) is 24.3 Å². The molecule has 1 N–H and O–H groups in total. The Morgan fingerprint density at radius 3 is 2.64 bits per heavy atom. The summed E-state index contributed by atoms with van der Waals surface area (Å²) in [4.78, 5) is 11.1. The molecule has 3 unspecified atom stereocenters. The number of carboxylic acid groups (broad SMARTS) is 1. The van der Waals surface area contributed by atoms with Gasteiger partial charge in [0.15, 0.2) is 11.7 Å². The van der Waals surface area contributed by atoms with Gasteiger partial charge < -0.3 is 24.1 Å². The molecule has 1 aliphatic heterocycles. The molecule has 2 rings (SSSR count). The highest BCUT2D eigenvalue weighted by atomic mass is 35.5. The Morgan fingerprint density at radius 1 is 1.36 bits per heavy atom. The zero-order valence-electron chi connectivity index (χ0n) is 12.2.